The molecule has 5 nitrogen and oxygen atoms in total. The zero-order valence-electron chi connectivity index (χ0n) is 13.2. The minimum Gasteiger partial charge on any atom is -0.484 e. The number of benzene rings is 2. The van der Waals surface area contributed by atoms with Crippen molar-refractivity contribution in [2.75, 3.05) is 6.61 Å². The number of aryl methyl sites for hydroxylation is 1. The van der Waals surface area contributed by atoms with Crippen molar-refractivity contribution in [2.24, 2.45) is 0 Å². The van der Waals surface area contributed by atoms with Crippen molar-refractivity contribution in [1.29, 1.82) is 0 Å². The van der Waals surface area contributed by atoms with Crippen LogP contribution in [-0.4, -0.2) is 24.6 Å². The van der Waals surface area contributed by atoms with E-state index in [0.29, 0.717) is 5.56 Å². The molecule has 0 aliphatic carbocycles. The standard InChI is InChI=1S/C17H15F3N2O3/c1-11-4-2-3-5-14(11)16(24)22-21-15(23)12-6-8-13(9-7-12)25-10-17(18,19)20/h2-9H,10H2,1H3,(H,21,23)(H,22,24). The van der Waals surface area contributed by atoms with Gasteiger partial charge in [0, 0.05) is 11.1 Å². The molecule has 0 fully saturated rings. The van der Waals surface area contributed by atoms with Gasteiger partial charge in [-0.3, -0.25) is 20.4 Å². The Hall–Kier alpha value is -3.03. The topological polar surface area (TPSA) is 67.4 Å². The first kappa shape index (κ1) is 18.3. The van der Waals surface area contributed by atoms with Gasteiger partial charge >= 0.3 is 6.18 Å². The molecule has 2 rings (SSSR count). The quantitative estimate of drug-likeness (QED) is 0.832. The second kappa shape index (κ2) is 7.69. The number of hydrogen-bond acceptors (Lipinski definition) is 3. The number of alkyl halides is 3. The van der Waals surface area contributed by atoms with E-state index in [4.69, 9.17) is 0 Å². The number of rotatable bonds is 4. The maximum Gasteiger partial charge on any atom is 0.422 e. The van der Waals surface area contributed by atoms with E-state index in [2.05, 4.69) is 15.6 Å². The van der Waals surface area contributed by atoms with Crippen LogP contribution in [0.25, 0.3) is 0 Å². The van der Waals surface area contributed by atoms with E-state index in [1.165, 1.54) is 24.3 Å². The maximum absolute atomic E-state index is 12.1. The predicted molar refractivity (Wildman–Crippen MR) is 84.1 cm³/mol. The number of nitrogens with one attached hydrogen (secondary N) is 2. The second-order valence-electron chi connectivity index (χ2n) is 5.15. The molecule has 0 spiro atoms. The van der Waals surface area contributed by atoms with Crippen LogP contribution in [0.15, 0.2) is 48.5 Å². The lowest BCUT2D eigenvalue weighted by Crippen LogP contribution is -2.41. The molecular formula is C17H15F3N2O3. The first-order valence-electron chi connectivity index (χ1n) is 7.22. The van der Waals surface area contributed by atoms with Crippen LogP contribution in [0.5, 0.6) is 5.75 Å². The van der Waals surface area contributed by atoms with Gasteiger partial charge in [-0.15, -0.1) is 0 Å². The molecule has 25 heavy (non-hydrogen) atoms. The molecule has 0 radical (unpaired) electrons. The van der Waals surface area contributed by atoms with Crippen molar-refractivity contribution >= 4 is 11.8 Å². The Morgan fingerprint density at radius 3 is 2.16 bits per heavy atom. The molecule has 132 valence electrons. The molecule has 2 amide bonds. The van der Waals surface area contributed by atoms with Gasteiger partial charge in [0.15, 0.2) is 6.61 Å². The van der Waals surface area contributed by atoms with Crippen LogP contribution in [0.3, 0.4) is 0 Å². The maximum atomic E-state index is 12.1. The Labute approximate surface area is 141 Å². The van der Waals surface area contributed by atoms with Gasteiger partial charge in [-0.25, -0.2) is 0 Å². The fourth-order valence-corrected chi connectivity index (χ4v) is 1.95. The Kier molecular flexibility index (Phi) is 5.63. The van der Waals surface area contributed by atoms with Gasteiger partial charge in [-0.05, 0) is 42.8 Å². The average molecular weight is 352 g/mol. The molecule has 0 saturated heterocycles. The number of carbonyl (C=O) groups is 2. The van der Waals surface area contributed by atoms with Crippen molar-refractivity contribution < 1.29 is 27.5 Å². The van der Waals surface area contributed by atoms with Crippen molar-refractivity contribution in [2.45, 2.75) is 13.1 Å². The molecule has 0 atom stereocenters. The lowest BCUT2D eigenvalue weighted by atomic mass is 10.1. The van der Waals surface area contributed by atoms with Gasteiger partial charge in [0.05, 0.1) is 0 Å². The molecule has 8 heteroatoms. The molecule has 2 aromatic carbocycles. The fraction of sp³-hybridized carbons (Fsp3) is 0.176. The minimum absolute atomic E-state index is 0.0159. The van der Waals surface area contributed by atoms with E-state index in [1.54, 1.807) is 31.2 Å². The van der Waals surface area contributed by atoms with Gasteiger partial charge < -0.3 is 4.74 Å². The van der Waals surface area contributed by atoms with Gasteiger partial charge in [0.1, 0.15) is 5.75 Å². The number of hydrazine groups is 1. The summed E-state index contributed by atoms with van der Waals surface area (Å²) in [5.41, 5.74) is 5.84. The Morgan fingerprint density at radius 2 is 1.56 bits per heavy atom. The summed E-state index contributed by atoms with van der Waals surface area (Å²) in [7, 11) is 0. The van der Waals surface area contributed by atoms with Crippen LogP contribution in [0.4, 0.5) is 13.2 Å². The molecular weight excluding hydrogens is 337 g/mol. The average Bonchev–Trinajstić information content (AvgIpc) is 2.58. The molecule has 0 unspecified atom stereocenters. The van der Waals surface area contributed by atoms with Crippen LogP contribution in [0.1, 0.15) is 26.3 Å². The highest BCUT2D eigenvalue weighted by atomic mass is 19.4. The summed E-state index contributed by atoms with van der Waals surface area (Å²) in [4.78, 5) is 23.9. The summed E-state index contributed by atoms with van der Waals surface area (Å²) in [5.74, 6) is -1.10. The van der Waals surface area contributed by atoms with Crippen LogP contribution >= 0.6 is 0 Å². The van der Waals surface area contributed by atoms with Crippen LogP contribution in [0, 0.1) is 6.92 Å². The fourth-order valence-electron chi connectivity index (χ4n) is 1.95. The molecule has 0 aromatic heterocycles. The lowest BCUT2D eigenvalue weighted by molar-refractivity contribution is -0.153. The molecule has 0 saturated carbocycles. The third-order valence-electron chi connectivity index (χ3n) is 3.20. The normalized spacial score (nSPS) is 10.9. The number of amides is 2. The molecule has 0 heterocycles. The molecule has 0 aliphatic rings. The number of hydrogen-bond donors (Lipinski definition) is 2. The van der Waals surface area contributed by atoms with Crippen LogP contribution < -0.4 is 15.6 Å². The van der Waals surface area contributed by atoms with E-state index in [0.717, 1.165) is 5.56 Å². The van der Waals surface area contributed by atoms with E-state index < -0.39 is 24.6 Å². The monoisotopic (exact) mass is 352 g/mol. The van der Waals surface area contributed by atoms with E-state index in [1.807, 2.05) is 0 Å². The van der Waals surface area contributed by atoms with Gasteiger partial charge in [0.2, 0.25) is 0 Å². The van der Waals surface area contributed by atoms with E-state index in [-0.39, 0.29) is 11.3 Å². The number of halogens is 3. The molecule has 0 bridgehead atoms. The van der Waals surface area contributed by atoms with Gasteiger partial charge in [0.25, 0.3) is 11.8 Å². The van der Waals surface area contributed by atoms with Gasteiger partial charge in [-0.1, -0.05) is 18.2 Å². The highest BCUT2D eigenvalue weighted by Crippen LogP contribution is 2.18. The highest BCUT2D eigenvalue weighted by molar-refractivity contribution is 5.99. The van der Waals surface area contributed by atoms with E-state index in [9.17, 15) is 22.8 Å². The van der Waals surface area contributed by atoms with Crippen LogP contribution in [0.2, 0.25) is 0 Å². The minimum atomic E-state index is -4.43. The first-order valence-corrected chi connectivity index (χ1v) is 7.22. The predicted octanol–water partition coefficient (Wildman–Crippen LogP) is 3.01. The molecule has 2 N–H and O–H groups in total. The number of ether oxygens (including phenoxy) is 1. The molecule has 0 aliphatic heterocycles. The summed E-state index contributed by atoms with van der Waals surface area (Å²) >= 11 is 0. The Bertz CT molecular complexity index is 758. The third kappa shape index (κ3) is 5.52. The van der Waals surface area contributed by atoms with Crippen molar-refractivity contribution in [3.63, 3.8) is 0 Å². The summed E-state index contributed by atoms with van der Waals surface area (Å²) in [6.07, 6.45) is -4.43. The first-order chi connectivity index (χ1) is 11.8. The zero-order chi connectivity index (χ0) is 18.4. The second-order valence-corrected chi connectivity index (χ2v) is 5.15. The Balaban J connectivity index is 1.90. The SMILES string of the molecule is Cc1ccccc1C(=O)NNC(=O)c1ccc(OCC(F)(F)F)cc1. The summed E-state index contributed by atoms with van der Waals surface area (Å²) in [5, 5.41) is 0. The van der Waals surface area contributed by atoms with Gasteiger partial charge in [-0.2, -0.15) is 13.2 Å². The Morgan fingerprint density at radius 1 is 0.960 bits per heavy atom. The van der Waals surface area contributed by atoms with Crippen molar-refractivity contribution in [3.8, 4) is 5.75 Å². The summed E-state index contributed by atoms with van der Waals surface area (Å²) in [6.45, 7) is 0.349. The number of carbonyl (C=O) groups excluding carboxylic acids is 2. The highest BCUT2D eigenvalue weighted by Gasteiger charge is 2.28. The largest absolute Gasteiger partial charge is 0.484 e. The molecule has 2 aromatic rings. The van der Waals surface area contributed by atoms with Crippen molar-refractivity contribution in [1.82, 2.24) is 10.9 Å². The lowest BCUT2D eigenvalue weighted by Gasteiger charge is -2.11. The van der Waals surface area contributed by atoms with E-state index >= 15 is 0 Å². The van der Waals surface area contributed by atoms with Crippen molar-refractivity contribution in [3.05, 3.63) is 65.2 Å². The third-order valence-corrected chi connectivity index (χ3v) is 3.20. The summed E-state index contributed by atoms with van der Waals surface area (Å²) < 4.78 is 40.7. The zero-order valence-corrected chi connectivity index (χ0v) is 13.2. The summed E-state index contributed by atoms with van der Waals surface area (Å²) in [6, 6.07) is 11.9. The van der Waals surface area contributed by atoms with Crippen LogP contribution in [-0.2, 0) is 0 Å². The smallest absolute Gasteiger partial charge is 0.422 e.